The molecular formula is C13H18BrFN2O. The molecule has 1 rings (SSSR count). The number of carbonyl (C=O) groups excluding carboxylic acids is 1. The molecule has 1 aromatic carbocycles. The quantitative estimate of drug-likeness (QED) is 0.874. The van der Waals surface area contributed by atoms with Crippen LogP contribution in [0.25, 0.3) is 0 Å². The molecule has 0 aliphatic carbocycles. The summed E-state index contributed by atoms with van der Waals surface area (Å²) in [6, 6.07) is 4.94. The largest absolute Gasteiger partial charge is 0.355 e. The van der Waals surface area contributed by atoms with E-state index < -0.39 is 0 Å². The molecule has 0 radical (unpaired) electrons. The average Bonchev–Trinajstić information content (AvgIpc) is 2.34. The van der Waals surface area contributed by atoms with Gasteiger partial charge in [-0.25, -0.2) is 4.39 Å². The van der Waals surface area contributed by atoms with E-state index in [1.54, 1.807) is 6.07 Å². The van der Waals surface area contributed by atoms with E-state index in [9.17, 15) is 9.18 Å². The summed E-state index contributed by atoms with van der Waals surface area (Å²) >= 11 is 3.23. The highest BCUT2D eigenvalue weighted by atomic mass is 79.9. The number of nitrogens with zero attached hydrogens (tertiary/aromatic N) is 1. The molecule has 0 saturated heterocycles. The summed E-state index contributed by atoms with van der Waals surface area (Å²) < 4.78 is 13.8. The molecule has 5 heteroatoms. The summed E-state index contributed by atoms with van der Waals surface area (Å²) in [6.45, 7) is 6.10. The molecule has 0 heterocycles. The molecule has 0 bridgehead atoms. The van der Waals surface area contributed by atoms with Crippen LogP contribution in [-0.4, -0.2) is 30.4 Å². The van der Waals surface area contributed by atoms with Crippen LogP contribution in [0.1, 0.15) is 19.4 Å². The van der Waals surface area contributed by atoms with Crippen molar-refractivity contribution in [1.82, 2.24) is 10.2 Å². The van der Waals surface area contributed by atoms with E-state index in [2.05, 4.69) is 21.2 Å². The summed E-state index contributed by atoms with van der Waals surface area (Å²) in [4.78, 5) is 13.5. The van der Waals surface area contributed by atoms with E-state index in [4.69, 9.17) is 0 Å². The third-order valence-corrected chi connectivity index (χ3v) is 3.50. The van der Waals surface area contributed by atoms with Crippen LogP contribution >= 0.6 is 15.9 Å². The zero-order valence-corrected chi connectivity index (χ0v) is 12.3. The number of rotatable bonds is 6. The van der Waals surface area contributed by atoms with Crippen LogP contribution in [-0.2, 0) is 11.3 Å². The molecule has 1 amide bonds. The van der Waals surface area contributed by atoms with Gasteiger partial charge in [-0.3, -0.25) is 9.69 Å². The van der Waals surface area contributed by atoms with E-state index >= 15 is 0 Å². The van der Waals surface area contributed by atoms with Gasteiger partial charge in [0.15, 0.2) is 0 Å². The Morgan fingerprint density at radius 2 is 2.17 bits per heavy atom. The first-order chi connectivity index (χ1) is 8.58. The van der Waals surface area contributed by atoms with Crippen LogP contribution in [0.15, 0.2) is 22.7 Å². The van der Waals surface area contributed by atoms with E-state index in [0.29, 0.717) is 24.1 Å². The Morgan fingerprint density at radius 1 is 1.44 bits per heavy atom. The Hall–Kier alpha value is -0.940. The van der Waals surface area contributed by atoms with Crippen LogP contribution < -0.4 is 5.32 Å². The summed E-state index contributed by atoms with van der Waals surface area (Å²) in [5.74, 6) is -0.284. The number of hydrogen-bond acceptors (Lipinski definition) is 2. The van der Waals surface area contributed by atoms with Crippen molar-refractivity contribution in [1.29, 1.82) is 0 Å². The number of benzene rings is 1. The molecule has 1 N–H and O–H groups in total. The van der Waals surface area contributed by atoms with Gasteiger partial charge in [-0.15, -0.1) is 0 Å². The van der Waals surface area contributed by atoms with Crippen molar-refractivity contribution in [2.75, 3.05) is 19.6 Å². The lowest BCUT2D eigenvalue weighted by Crippen LogP contribution is -2.36. The number of halogens is 2. The summed E-state index contributed by atoms with van der Waals surface area (Å²) in [6.07, 6.45) is 0. The highest BCUT2D eigenvalue weighted by Crippen LogP contribution is 2.21. The van der Waals surface area contributed by atoms with Gasteiger partial charge in [0.2, 0.25) is 5.91 Å². The van der Waals surface area contributed by atoms with Crippen molar-refractivity contribution in [2.45, 2.75) is 20.4 Å². The van der Waals surface area contributed by atoms with E-state index in [1.807, 2.05) is 24.8 Å². The van der Waals surface area contributed by atoms with Gasteiger partial charge >= 0.3 is 0 Å². The van der Waals surface area contributed by atoms with Crippen LogP contribution in [0.5, 0.6) is 0 Å². The predicted octanol–water partition coefficient (Wildman–Crippen LogP) is 2.55. The normalized spacial score (nSPS) is 10.7. The van der Waals surface area contributed by atoms with Crippen molar-refractivity contribution in [3.05, 3.63) is 34.1 Å². The Balaban J connectivity index is 2.68. The zero-order chi connectivity index (χ0) is 13.5. The molecular weight excluding hydrogens is 299 g/mol. The Labute approximate surface area is 115 Å². The molecule has 100 valence electrons. The van der Waals surface area contributed by atoms with Crippen molar-refractivity contribution in [2.24, 2.45) is 0 Å². The van der Waals surface area contributed by atoms with Gasteiger partial charge in [-0.2, -0.15) is 0 Å². The lowest BCUT2D eigenvalue weighted by Gasteiger charge is -2.20. The monoisotopic (exact) mass is 316 g/mol. The molecule has 18 heavy (non-hydrogen) atoms. The number of nitrogens with one attached hydrogen (secondary N) is 1. The first-order valence-electron chi connectivity index (χ1n) is 6.00. The van der Waals surface area contributed by atoms with Gasteiger partial charge in [0, 0.05) is 13.1 Å². The van der Waals surface area contributed by atoms with Crippen molar-refractivity contribution >= 4 is 21.8 Å². The molecule has 0 aliphatic rings. The van der Waals surface area contributed by atoms with Gasteiger partial charge in [-0.1, -0.05) is 19.1 Å². The number of amides is 1. The minimum absolute atomic E-state index is 0.00752. The lowest BCUT2D eigenvalue weighted by atomic mass is 10.2. The van der Waals surface area contributed by atoms with Crippen LogP contribution in [0.4, 0.5) is 4.39 Å². The standard InChI is InChI=1S/C13H18BrFN2O/c1-3-16-12(18)9-17(4-2)8-10-6-5-7-11(15)13(10)14/h5-7H,3-4,8-9H2,1-2H3,(H,16,18). The van der Waals surface area contributed by atoms with E-state index in [1.165, 1.54) is 6.07 Å². The minimum Gasteiger partial charge on any atom is -0.355 e. The van der Waals surface area contributed by atoms with E-state index in [0.717, 1.165) is 12.1 Å². The first kappa shape index (κ1) is 15.1. The highest BCUT2D eigenvalue weighted by molar-refractivity contribution is 9.10. The Kier molecular flexibility index (Phi) is 6.29. The second-order valence-electron chi connectivity index (χ2n) is 3.97. The first-order valence-corrected chi connectivity index (χ1v) is 6.79. The molecule has 0 atom stereocenters. The smallest absolute Gasteiger partial charge is 0.234 e. The maximum Gasteiger partial charge on any atom is 0.234 e. The van der Waals surface area contributed by atoms with Gasteiger partial charge in [-0.05, 0) is 41.0 Å². The van der Waals surface area contributed by atoms with Gasteiger partial charge in [0.05, 0.1) is 11.0 Å². The molecule has 0 saturated carbocycles. The Bertz CT molecular complexity index is 412. The van der Waals surface area contributed by atoms with Crippen molar-refractivity contribution in [3.8, 4) is 0 Å². The van der Waals surface area contributed by atoms with Crippen molar-refractivity contribution in [3.63, 3.8) is 0 Å². The molecule has 3 nitrogen and oxygen atoms in total. The molecule has 0 aliphatic heterocycles. The number of likely N-dealkylation sites (N-methyl/N-ethyl adjacent to an activating group) is 2. The fourth-order valence-electron chi connectivity index (χ4n) is 1.65. The second-order valence-corrected chi connectivity index (χ2v) is 4.76. The summed E-state index contributed by atoms with van der Waals surface area (Å²) in [7, 11) is 0. The molecule has 0 aromatic heterocycles. The summed E-state index contributed by atoms with van der Waals surface area (Å²) in [5, 5.41) is 2.76. The van der Waals surface area contributed by atoms with Gasteiger partial charge in [0.1, 0.15) is 5.82 Å². The SMILES string of the molecule is CCNC(=O)CN(CC)Cc1cccc(F)c1Br. The molecule has 0 spiro atoms. The maximum atomic E-state index is 13.4. The predicted molar refractivity (Wildman–Crippen MR) is 73.7 cm³/mol. The third kappa shape index (κ3) is 4.38. The van der Waals surface area contributed by atoms with Crippen LogP contribution in [0.2, 0.25) is 0 Å². The number of carbonyl (C=O) groups is 1. The fourth-order valence-corrected chi connectivity index (χ4v) is 2.04. The molecule has 0 fully saturated rings. The zero-order valence-electron chi connectivity index (χ0n) is 10.7. The van der Waals surface area contributed by atoms with Crippen LogP contribution in [0.3, 0.4) is 0 Å². The Morgan fingerprint density at radius 3 is 2.78 bits per heavy atom. The topological polar surface area (TPSA) is 32.3 Å². The second kappa shape index (κ2) is 7.48. The third-order valence-electron chi connectivity index (χ3n) is 2.61. The highest BCUT2D eigenvalue weighted by Gasteiger charge is 2.12. The van der Waals surface area contributed by atoms with Gasteiger partial charge in [0.25, 0.3) is 0 Å². The molecule has 1 aromatic rings. The van der Waals surface area contributed by atoms with Crippen LogP contribution in [0, 0.1) is 5.82 Å². The van der Waals surface area contributed by atoms with E-state index in [-0.39, 0.29) is 11.7 Å². The lowest BCUT2D eigenvalue weighted by molar-refractivity contribution is -0.122. The minimum atomic E-state index is -0.276. The fraction of sp³-hybridized carbons (Fsp3) is 0.462. The summed E-state index contributed by atoms with van der Waals surface area (Å²) in [5.41, 5.74) is 0.848. The average molecular weight is 317 g/mol. The van der Waals surface area contributed by atoms with Crippen molar-refractivity contribution < 1.29 is 9.18 Å². The van der Waals surface area contributed by atoms with Gasteiger partial charge < -0.3 is 5.32 Å². The maximum absolute atomic E-state index is 13.4. The number of hydrogen-bond donors (Lipinski definition) is 1. The molecule has 0 unspecified atom stereocenters.